The van der Waals surface area contributed by atoms with Crippen LogP contribution < -0.4 is 10.6 Å². The molecule has 0 bridgehead atoms. The lowest BCUT2D eigenvalue weighted by molar-refractivity contribution is -0.142. The van der Waals surface area contributed by atoms with E-state index in [2.05, 4.69) is 10.6 Å². The molecule has 0 saturated heterocycles. The van der Waals surface area contributed by atoms with Gasteiger partial charge in [-0.05, 0) is 13.8 Å². The highest BCUT2D eigenvalue weighted by Crippen LogP contribution is 2.07. The van der Waals surface area contributed by atoms with E-state index >= 15 is 0 Å². The largest absolute Gasteiger partial charge is 0.481 e. The van der Waals surface area contributed by atoms with Crippen molar-refractivity contribution in [2.24, 2.45) is 0 Å². The SMILES string of the molecule is CC(=O)NC(C)C(=O)NCC(C)(O)CC(=O)O. The summed E-state index contributed by atoms with van der Waals surface area (Å²) in [6.45, 7) is 3.89. The van der Waals surface area contributed by atoms with Crippen molar-refractivity contribution in [1.29, 1.82) is 0 Å². The third-order valence-corrected chi connectivity index (χ3v) is 1.99. The summed E-state index contributed by atoms with van der Waals surface area (Å²) in [4.78, 5) is 32.5. The molecular formula is C10H18N2O5. The Kier molecular flexibility index (Phi) is 5.60. The number of hydrogen-bond donors (Lipinski definition) is 4. The van der Waals surface area contributed by atoms with Gasteiger partial charge >= 0.3 is 5.97 Å². The van der Waals surface area contributed by atoms with Crippen LogP contribution in [-0.4, -0.2) is 46.2 Å². The average molecular weight is 246 g/mol. The first-order valence-corrected chi connectivity index (χ1v) is 5.13. The van der Waals surface area contributed by atoms with Gasteiger partial charge in [-0.25, -0.2) is 0 Å². The quantitative estimate of drug-likeness (QED) is 0.472. The molecule has 0 spiro atoms. The van der Waals surface area contributed by atoms with Crippen LogP contribution in [0.2, 0.25) is 0 Å². The summed E-state index contributed by atoms with van der Waals surface area (Å²) in [5, 5.41) is 22.9. The maximum absolute atomic E-state index is 11.4. The van der Waals surface area contributed by atoms with Crippen LogP contribution in [-0.2, 0) is 14.4 Å². The third kappa shape index (κ3) is 7.29. The first-order chi connectivity index (χ1) is 7.64. The van der Waals surface area contributed by atoms with Gasteiger partial charge in [-0.1, -0.05) is 0 Å². The minimum atomic E-state index is -1.52. The minimum absolute atomic E-state index is 0.192. The highest BCUT2D eigenvalue weighted by Gasteiger charge is 2.25. The van der Waals surface area contributed by atoms with Crippen molar-refractivity contribution in [3.8, 4) is 0 Å². The lowest BCUT2D eigenvalue weighted by atomic mass is 10.0. The second-order valence-corrected chi connectivity index (χ2v) is 4.21. The summed E-state index contributed by atoms with van der Waals surface area (Å²) in [5.74, 6) is -1.98. The Bertz CT molecular complexity index is 314. The van der Waals surface area contributed by atoms with Crippen LogP contribution in [0, 0.1) is 0 Å². The summed E-state index contributed by atoms with van der Waals surface area (Å²) < 4.78 is 0. The molecule has 17 heavy (non-hydrogen) atoms. The first kappa shape index (κ1) is 15.4. The van der Waals surface area contributed by atoms with E-state index < -0.39 is 29.9 Å². The van der Waals surface area contributed by atoms with Crippen LogP contribution in [0.5, 0.6) is 0 Å². The minimum Gasteiger partial charge on any atom is -0.481 e. The van der Waals surface area contributed by atoms with Gasteiger partial charge in [0.1, 0.15) is 6.04 Å². The maximum Gasteiger partial charge on any atom is 0.306 e. The second kappa shape index (κ2) is 6.19. The molecule has 2 unspecified atom stereocenters. The molecule has 0 heterocycles. The fourth-order valence-electron chi connectivity index (χ4n) is 1.19. The molecule has 0 aliphatic heterocycles. The average Bonchev–Trinajstić information content (AvgIpc) is 2.11. The van der Waals surface area contributed by atoms with Crippen molar-refractivity contribution in [1.82, 2.24) is 10.6 Å². The molecule has 7 heteroatoms. The van der Waals surface area contributed by atoms with Crippen molar-refractivity contribution in [3.05, 3.63) is 0 Å². The maximum atomic E-state index is 11.4. The highest BCUT2D eigenvalue weighted by molar-refractivity contribution is 5.86. The van der Waals surface area contributed by atoms with Crippen LogP contribution in [0.1, 0.15) is 27.2 Å². The van der Waals surface area contributed by atoms with E-state index in [1.54, 1.807) is 0 Å². The predicted octanol–water partition coefficient (Wildman–Crippen LogP) is -1.15. The Hall–Kier alpha value is -1.63. The molecule has 0 saturated carbocycles. The molecule has 7 nitrogen and oxygen atoms in total. The molecule has 0 aromatic carbocycles. The van der Waals surface area contributed by atoms with Gasteiger partial charge in [0, 0.05) is 13.5 Å². The summed E-state index contributed by atoms with van der Waals surface area (Å²) in [7, 11) is 0. The van der Waals surface area contributed by atoms with Crippen LogP contribution in [0.25, 0.3) is 0 Å². The second-order valence-electron chi connectivity index (χ2n) is 4.21. The zero-order valence-electron chi connectivity index (χ0n) is 10.1. The normalized spacial score (nSPS) is 15.5. The van der Waals surface area contributed by atoms with Crippen molar-refractivity contribution in [2.75, 3.05) is 6.54 Å². The standard InChI is InChI=1S/C10H18N2O5/c1-6(12-7(2)13)9(16)11-5-10(3,17)4-8(14)15/h6,17H,4-5H2,1-3H3,(H,11,16)(H,12,13)(H,14,15). The summed E-state index contributed by atoms with van der Waals surface area (Å²) in [6.07, 6.45) is -0.470. The van der Waals surface area contributed by atoms with Gasteiger partial charge < -0.3 is 20.8 Å². The Morgan fingerprint density at radius 2 is 1.88 bits per heavy atom. The van der Waals surface area contributed by atoms with Gasteiger partial charge in [-0.3, -0.25) is 14.4 Å². The van der Waals surface area contributed by atoms with E-state index in [1.807, 2.05) is 0 Å². The highest BCUT2D eigenvalue weighted by atomic mass is 16.4. The van der Waals surface area contributed by atoms with Gasteiger partial charge in [0.2, 0.25) is 11.8 Å². The third-order valence-electron chi connectivity index (χ3n) is 1.99. The smallest absolute Gasteiger partial charge is 0.306 e. The Labute approximate surface area is 99.2 Å². The van der Waals surface area contributed by atoms with Gasteiger partial charge in [-0.15, -0.1) is 0 Å². The number of carboxylic acid groups (broad SMARTS) is 1. The van der Waals surface area contributed by atoms with E-state index in [4.69, 9.17) is 5.11 Å². The summed E-state index contributed by atoms with van der Waals surface area (Å²) in [6, 6.07) is -0.729. The number of nitrogens with one attached hydrogen (secondary N) is 2. The number of aliphatic carboxylic acids is 1. The van der Waals surface area contributed by atoms with E-state index in [9.17, 15) is 19.5 Å². The predicted molar refractivity (Wildman–Crippen MR) is 59.2 cm³/mol. The van der Waals surface area contributed by atoms with E-state index in [1.165, 1.54) is 20.8 Å². The number of carbonyl (C=O) groups excluding carboxylic acids is 2. The van der Waals surface area contributed by atoms with Crippen LogP contribution >= 0.6 is 0 Å². The van der Waals surface area contributed by atoms with Crippen molar-refractivity contribution in [3.63, 3.8) is 0 Å². The zero-order chi connectivity index (χ0) is 13.6. The molecule has 98 valence electrons. The molecule has 0 aromatic heterocycles. The number of carboxylic acids is 1. The number of rotatable bonds is 6. The molecule has 0 aromatic rings. The topological polar surface area (TPSA) is 116 Å². The molecule has 0 radical (unpaired) electrons. The number of amides is 2. The van der Waals surface area contributed by atoms with Crippen LogP contribution in [0.3, 0.4) is 0 Å². The molecule has 0 aliphatic carbocycles. The van der Waals surface area contributed by atoms with E-state index in [0.717, 1.165) is 0 Å². The number of hydrogen-bond acceptors (Lipinski definition) is 4. The van der Waals surface area contributed by atoms with Crippen LogP contribution in [0.15, 0.2) is 0 Å². The number of aliphatic hydroxyl groups is 1. The fraction of sp³-hybridized carbons (Fsp3) is 0.700. The first-order valence-electron chi connectivity index (χ1n) is 5.13. The van der Waals surface area contributed by atoms with E-state index in [0.29, 0.717) is 0 Å². The monoisotopic (exact) mass is 246 g/mol. The van der Waals surface area contributed by atoms with Gasteiger partial charge in [0.05, 0.1) is 12.0 Å². The fourth-order valence-corrected chi connectivity index (χ4v) is 1.19. The lowest BCUT2D eigenvalue weighted by Gasteiger charge is -2.22. The molecule has 0 rings (SSSR count). The van der Waals surface area contributed by atoms with Crippen molar-refractivity contribution < 1.29 is 24.6 Å². The van der Waals surface area contributed by atoms with Gasteiger partial charge in [0.25, 0.3) is 0 Å². The Morgan fingerprint density at radius 1 is 1.35 bits per heavy atom. The molecule has 2 atom stereocenters. The lowest BCUT2D eigenvalue weighted by Crippen LogP contribution is -2.49. The van der Waals surface area contributed by atoms with Crippen molar-refractivity contribution >= 4 is 17.8 Å². The molecule has 0 aliphatic rings. The summed E-state index contributed by atoms with van der Waals surface area (Å²) in [5.41, 5.74) is -1.52. The van der Waals surface area contributed by atoms with Gasteiger partial charge in [0.15, 0.2) is 0 Å². The molecular weight excluding hydrogens is 228 g/mol. The van der Waals surface area contributed by atoms with Crippen molar-refractivity contribution in [2.45, 2.75) is 38.8 Å². The molecule has 4 N–H and O–H groups in total. The summed E-state index contributed by atoms with van der Waals surface area (Å²) >= 11 is 0. The van der Waals surface area contributed by atoms with E-state index in [-0.39, 0.29) is 12.5 Å². The van der Waals surface area contributed by atoms with Crippen LogP contribution in [0.4, 0.5) is 0 Å². The number of carbonyl (C=O) groups is 3. The molecule has 0 fully saturated rings. The molecule has 2 amide bonds. The zero-order valence-corrected chi connectivity index (χ0v) is 10.1. The van der Waals surface area contributed by atoms with Gasteiger partial charge in [-0.2, -0.15) is 0 Å². The Morgan fingerprint density at radius 3 is 2.29 bits per heavy atom. The Balaban J connectivity index is 4.14.